The molecular formula is C19H19ClN4O2. The number of pyridine rings is 1. The van der Waals surface area contributed by atoms with E-state index in [0.29, 0.717) is 24.2 Å². The Bertz CT molecular complexity index is 981. The Morgan fingerprint density at radius 3 is 2.73 bits per heavy atom. The van der Waals surface area contributed by atoms with Crippen LogP contribution in [0.3, 0.4) is 0 Å². The van der Waals surface area contributed by atoms with Gasteiger partial charge in [-0.3, -0.25) is 14.3 Å². The van der Waals surface area contributed by atoms with Crippen molar-refractivity contribution in [3.63, 3.8) is 0 Å². The summed E-state index contributed by atoms with van der Waals surface area (Å²) in [5.41, 5.74) is 3.73. The molecule has 0 bridgehead atoms. The van der Waals surface area contributed by atoms with Crippen molar-refractivity contribution in [2.75, 3.05) is 6.54 Å². The molecule has 0 atom stereocenters. The topological polar surface area (TPSA) is 76.9 Å². The Morgan fingerprint density at radius 1 is 1.27 bits per heavy atom. The fourth-order valence-corrected chi connectivity index (χ4v) is 3.01. The second kappa shape index (κ2) is 7.66. The van der Waals surface area contributed by atoms with Crippen molar-refractivity contribution < 1.29 is 9.59 Å². The molecule has 7 heteroatoms. The highest BCUT2D eigenvalue weighted by atomic mass is 35.5. The summed E-state index contributed by atoms with van der Waals surface area (Å²) in [6, 6.07) is 9.31. The van der Waals surface area contributed by atoms with Crippen molar-refractivity contribution in [2.45, 2.75) is 19.8 Å². The van der Waals surface area contributed by atoms with E-state index >= 15 is 0 Å². The van der Waals surface area contributed by atoms with E-state index < -0.39 is 5.24 Å². The summed E-state index contributed by atoms with van der Waals surface area (Å²) in [5.74, 6) is -0.201. The smallest absolute Gasteiger partial charge is 0.252 e. The lowest BCUT2D eigenvalue weighted by Crippen LogP contribution is -2.25. The molecule has 0 spiro atoms. The summed E-state index contributed by atoms with van der Waals surface area (Å²) in [6.07, 6.45) is 2.63. The van der Waals surface area contributed by atoms with Gasteiger partial charge in [-0.2, -0.15) is 5.10 Å². The van der Waals surface area contributed by atoms with Crippen molar-refractivity contribution in [2.24, 2.45) is 7.05 Å². The minimum atomic E-state index is -0.400. The molecule has 1 amide bonds. The van der Waals surface area contributed by atoms with E-state index in [1.54, 1.807) is 10.7 Å². The molecule has 0 unspecified atom stereocenters. The fourth-order valence-electron chi connectivity index (χ4n) is 2.88. The largest absolute Gasteiger partial charge is 0.352 e. The van der Waals surface area contributed by atoms with Crippen LogP contribution in [-0.2, 0) is 11.8 Å². The van der Waals surface area contributed by atoms with Crippen LogP contribution in [-0.4, -0.2) is 32.5 Å². The zero-order valence-corrected chi connectivity index (χ0v) is 15.4. The number of benzene rings is 1. The number of halogens is 1. The molecule has 0 aliphatic heterocycles. The zero-order valence-electron chi connectivity index (χ0n) is 14.6. The summed E-state index contributed by atoms with van der Waals surface area (Å²) in [7, 11) is 1.85. The summed E-state index contributed by atoms with van der Waals surface area (Å²) in [4.78, 5) is 28.2. The van der Waals surface area contributed by atoms with Gasteiger partial charge in [-0.25, -0.2) is 4.98 Å². The SMILES string of the molecule is Cc1nn(C)cc1-c1cc(C(=O)NCCCC(=O)Cl)c2ccccc2n1. The highest BCUT2D eigenvalue weighted by Crippen LogP contribution is 2.26. The van der Waals surface area contributed by atoms with Crippen LogP contribution in [0.15, 0.2) is 36.5 Å². The van der Waals surface area contributed by atoms with Gasteiger partial charge in [0.05, 0.1) is 22.5 Å². The predicted molar refractivity (Wildman–Crippen MR) is 101 cm³/mol. The number of aryl methyl sites for hydroxylation is 2. The number of fused-ring (bicyclic) bond motifs is 1. The molecule has 0 saturated heterocycles. The van der Waals surface area contributed by atoms with E-state index in [4.69, 9.17) is 11.6 Å². The van der Waals surface area contributed by atoms with E-state index in [1.165, 1.54) is 0 Å². The van der Waals surface area contributed by atoms with E-state index in [-0.39, 0.29) is 12.3 Å². The van der Waals surface area contributed by atoms with Gasteiger partial charge in [-0.05, 0) is 37.1 Å². The van der Waals surface area contributed by atoms with E-state index in [2.05, 4.69) is 15.4 Å². The Kier molecular flexibility index (Phi) is 5.32. The summed E-state index contributed by atoms with van der Waals surface area (Å²) < 4.78 is 1.73. The molecule has 0 radical (unpaired) electrons. The first-order valence-electron chi connectivity index (χ1n) is 8.32. The number of carbonyl (C=O) groups is 2. The lowest BCUT2D eigenvalue weighted by atomic mass is 10.0. The van der Waals surface area contributed by atoms with Gasteiger partial charge < -0.3 is 5.32 Å². The van der Waals surface area contributed by atoms with Crippen molar-refractivity contribution in [3.8, 4) is 11.3 Å². The minimum absolute atomic E-state index is 0.201. The average Bonchev–Trinajstić information content (AvgIpc) is 2.95. The number of aromatic nitrogens is 3. The maximum absolute atomic E-state index is 12.7. The molecule has 1 N–H and O–H groups in total. The first kappa shape index (κ1) is 18.1. The van der Waals surface area contributed by atoms with Gasteiger partial charge in [-0.1, -0.05) is 18.2 Å². The van der Waals surface area contributed by atoms with E-state index in [0.717, 1.165) is 22.2 Å². The third kappa shape index (κ3) is 3.91. The van der Waals surface area contributed by atoms with Crippen LogP contribution >= 0.6 is 11.6 Å². The van der Waals surface area contributed by atoms with Gasteiger partial charge in [0.1, 0.15) is 0 Å². The molecule has 134 valence electrons. The molecule has 6 nitrogen and oxygen atoms in total. The molecule has 26 heavy (non-hydrogen) atoms. The molecule has 0 saturated carbocycles. The Hall–Kier alpha value is -2.73. The van der Waals surface area contributed by atoms with Gasteiger partial charge in [0.15, 0.2) is 0 Å². The molecule has 2 heterocycles. The first-order valence-corrected chi connectivity index (χ1v) is 8.70. The second-order valence-electron chi connectivity index (χ2n) is 6.09. The lowest BCUT2D eigenvalue weighted by molar-refractivity contribution is -0.111. The monoisotopic (exact) mass is 370 g/mol. The van der Waals surface area contributed by atoms with E-state index in [1.807, 2.05) is 44.4 Å². The number of hydrogen-bond acceptors (Lipinski definition) is 4. The molecular weight excluding hydrogens is 352 g/mol. The van der Waals surface area contributed by atoms with E-state index in [9.17, 15) is 9.59 Å². The fraction of sp³-hybridized carbons (Fsp3) is 0.263. The van der Waals surface area contributed by atoms with Crippen LogP contribution < -0.4 is 5.32 Å². The highest BCUT2D eigenvalue weighted by molar-refractivity contribution is 6.63. The van der Waals surface area contributed by atoms with Gasteiger partial charge >= 0.3 is 0 Å². The second-order valence-corrected chi connectivity index (χ2v) is 6.51. The van der Waals surface area contributed by atoms with Gasteiger partial charge in [0, 0.05) is 37.2 Å². The predicted octanol–water partition coefficient (Wildman–Crippen LogP) is 3.22. The number of carbonyl (C=O) groups excluding carboxylic acids is 2. The maximum Gasteiger partial charge on any atom is 0.252 e. The number of nitrogens with zero attached hydrogens (tertiary/aromatic N) is 3. The summed E-state index contributed by atoms with van der Waals surface area (Å²) in [6.45, 7) is 2.30. The average molecular weight is 371 g/mol. The molecule has 0 aliphatic rings. The van der Waals surface area contributed by atoms with Gasteiger partial charge in [0.25, 0.3) is 5.91 Å². The van der Waals surface area contributed by atoms with Crippen molar-refractivity contribution in [3.05, 3.63) is 47.8 Å². The van der Waals surface area contributed by atoms with Gasteiger partial charge in [-0.15, -0.1) is 0 Å². The van der Waals surface area contributed by atoms with Crippen LogP contribution in [0.1, 0.15) is 28.9 Å². The van der Waals surface area contributed by atoms with Gasteiger partial charge in [0.2, 0.25) is 5.24 Å². The Labute approximate surface area is 156 Å². The zero-order chi connectivity index (χ0) is 18.7. The number of para-hydroxylation sites is 1. The molecule has 2 aromatic heterocycles. The summed E-state index contributed by atoms with van der Waals surface area (Å²) >= 11 is 5.33. The van der Waals surface area contributed by atoms with Crippen molar-refractivity contribution in [1.29, 1.82) is 0 Å². The highest BCUT2D eigenvalue weighted by Gasteiger charge is 2.16. The normalized spacial score (nSPS) is 10.9. The summed E-state index contributed by atoms with van der Waals surface area (Å²) in [5, 5.41) is 7.58. The maximum atomic E-state index is 12.7. The van der Waals surface area contributed by atoms with Crippen LogP contribution in [0.4, 0.5) is 0 Å². The number of rotatable bonds is 6. The third-order valence-electron chi connectivity index (χ3n) is 4.09. The van der Waals surface area contributed by atoms with Crippen LogP contribution in [0.2, 0.25) is 0 Å². The number of nitrogens with one attached hydrogen (secondary N) is 1. The van der Waals surface area contributed by atoms with Crippen LogP contribution in [0, 0.1) is 6.92 Å². The van der Waals surface area contributed by atoms with Crippen molar-refractivity contribution in [1.82, 2.24) is 20.1 Å². The standard InChI is InChI=1S/C19H19ClN4O2/c1-12-15(11-24(2)23-12)17-10-14(13-6-3-4-7-16(13)22-17)19(26)21-9-5-8-18(20)25/h3-4,6-7,10-11H,5,8-9H2,1-2H3,(H,21,26). The number of hydrogen-bond donors (Lipinski definition) is 1. The Balaban J connectivity index is 1.96. The third-order valence-corrected chi connectivity index (χ3v) is 4.27. The molecule has 0 fully saturated rings. The van der Waals surface area contributed by atoms with Crippen LogP contribution in [0.5, 0.6) is 0 Å². The molecule has 3 rings (SSSR count). The Morgan fingerprint density at radius 2 is 2.04 bits per heavy atom. The molecule has 1 aromatic carbocycles. The quantitative estimate of drug-likeness (QED) is 0.534. The van der Waals surface area contributed by atoms with Crippen LogP contribution in [0.25, 0.3) is 22.2 Å². The minimum Gasteiger partial charge on any atom is -0.352 e. The van der Waals surface area contributed by atoms with Crippen molar-refractivity contribution >= 4 is 33.7 Å². The molecule has 0 aliphatic carbocycles. The first-order chi connectivity index (χ1) is 12.5. The number of amides is 1. The lowest BCUT2D eigenvalue weighted by Gasteiger charge is -2.10. The molecule has 3 aromatic rings.